The SMILES string of the molecule is COc1cc(C=Nn2cnc3sc4c(c3c2=O)CCC4)ccc1O. The number of aromatic hydroxyl groups is 1. The van der Waals surface area contributed by atoms with Crippen molar-refractivity contribution in [2.24, 2.45) is 5.10 Å². The Morgan fingerprint density at radius 2 is 2.29 bits per heavy atom. The van der Waals surface area contributed by atoms with Gasteiger partial charge in [0.2, 0.25) is 0 Å². The maximum Gasteiger partial charge on any atom is 0.282 e. The van der Waals surface area contributed by atoms with Gasteiger partial charge in [0.05, 0.1) is 18.7 Å². The number of hydrogen-bond donors (Lipinski definition) is 1. The molecule has 0 atom stereocenters. The number of methoxy groups -OCH3 is 1. The van der Waals surface area contributed by atoms with Crippen LogP contribution < -0.4 is 10.3 Å². The minimum Gasteiger partial charge on any atom is -0.504 e. The molecule has 0 fully saturated rings. The van der Waals surface area contributed by atoms with Gasteiger partial charge < -0.3 is 9.84 Å². The molecule has 0 saturated heterocycles. The Kier molecular flexibility index (Phi) is 3.57. The summed E-state index contributed by atoms with van der Waals surface area (Å²) in [7, 11) is 1.48. The van der Waals surface area contributed by atoms with Gasteiger partial charge in [-0.2, -0.15) is 9.78 Å². The maximum absolute atomic E-state index is 12.7. The average molecular weight is 341 g/mol. The van der Waals surface area contributed by atoms with Crippen molar-refractivity contribution in [1.82, 2.24) is 9.66 Å². The van der Waals surface area contributed by atoms with Crippen LogP contribution >= 0.6 is 11.3 Å². The summed E-state index contributed by atoms with van der Waals surface area (Å²) in [4.78, 5) is 19.1. The Morgan fingerprint density at radius 1 is 1.42 bits per heavy atom. The molecule has 6 nitrogen and oxygen atoms in total. The van der Waals surface area contributed by atoms with Gasteiger partial charge in [0.25, 0.3) is 5.56 Å². The van der Waals surface area contributed by atoms with Gasteiger partial charge in [-0.15, -0.1) is 11.3 Å². The number of phenolic OH excluding ortho intramolecular Hbond substituents is 1. The van der Waals surface area contributed by atoms with E-state index in [-0.39, 0.29) is 11.3 Å². The first-order valence-electron chi connectivity index (χ1n) is 7.60. The van der Waals surface area contributed by atoms with E-state index < -0.39 is 0 Å². The molecule has 0 spiro atoms. The van der Waals surface area contributed by atoms with Crippen LogP contribution in [0.15, 0.2) is 34.4 Å². The number of phenols is 1. The fraction of sp³-hybridized carbons (Fsp3) is 0.235. The number of aryl methyl sites for hydroxylation is 2. The normalized spacial score (nSPS) is 13.7. The van der Waals surface area contributed by atoms with E-state index >= 15 is 0 Å². The van der Waals surface area contributed by atoms with Crippen LogP contribution in [0, 0.1) is 0 Å². The number of ether oxygens (including phenoxy) is 1. The lowest BCUT2D eigenvalue weighted by Crippen LogP contribution is -2.17. The van der Waals surface area contributed by atoms with Crippen LogP contribution in [0.4, 0.5) is 0 Å². The molecular weight excluding hydrogens is 326 g/mol. The standard InChI is InChI=1S/C17H15N3O3S/c1-23-13-7-10(5-6-12(13)21)8-19-20-9-18-16-15(17(20)22)11-3-2-4-14(11)24-16/h5-9,21H,2-4H2,1H3. The Morgan fingerprint density at radius 3 is 3.12 bits per heavy atom. The molecule has 1 N–H and O–H groups in total. The zero-order chi connectivity index (χ0) is 16.7. The van der Waals surface area contributed by atoms with Crippen molar-refractivity contribution < 1.29 is 9.84 Å². The van der Waals surface area contributed by atoms with Crippen LogP contribution in [0.1, 0.15) is 22.4 Å². The Balaban J connectivity index is 1.75. The molecule has 2 aromatic heterocycles. The van der Waals surface area contributed by atoms with Crippen molar-refractivity contribution in [3.63, 3.8) is 0 Å². The van der Waals surface area contributed by atoms with Crippen LogP contribution in [0.5, 0.6) is 11.5 Å². The van der Waals surface area contributed by atoms with Crippen molar-refractivity contribution in [3.8, 4) is 11.5 Å². The molecule has 3 aromatic rings. The molecule has 24 heavy (non-hydrogen) atoms. The van der Waals surface area contributed by atoms with Crippen LogP contribution in [-0.2, 0) is 12.8 Å². The molecule has 0 aliphatic heterocycles. The Hall–Kier alpha value is -2.67. The lowest BCUT2D eigenvalue weighted by Gasteiger charge is -2.03. The summed E-state index contributed by atoms with van der Waals surface area (Å²) < 4.78 is 6.32. The number of benzene rings is 1. The summed E-state index contributed by atoms with van der Waals surface area (Å²) in [5, 5.41) is 14.5. The Bertz CT molecular complexity index is 1020. The third kappa shape index (κ3) is 2.37. The second kappa shape index (κ2) is 5.76. The molecule has 0 saturated carbocycles. The number of fused-ring (bicyclic) bond motifs is 3. The second-order valence-electron chi connectivity index (χ2n) is 5.61. The summed E-state index contributed by atoms with van der Waals surface area (Å²) in [6.07, 6.45) is 6.07. The molecule has 0 amide bonds. The zero-order valence-electron chi connectivity index (χ0n) is 13.0. The van der Waals surface area contributed by atoms with Crippen molar-refractivity contribution in [3.05, 3.63) is 50.9 Å². The number of hydrogen-bond acceptors (Lipinski definition) is 6. The third-order valence-electron chi connectivity index (χ3n) is 4.14. The summed E-state index contributed by atoms with van der Waals surface area (Å²) >= 11 is 1.61. The van der Waals surface area contributed by atoms with Gasteiger partial charge >= 0.3 is 0 Å². The summed E-state index contributed by atoms with van der Waals surface area (Å²) in [6, 6.07) is 4.87. The van der Waals surface area contributed by atoms with Gasteiger partial charge in [-0.05, 0) is 48.6 Å². The molecule has 1 aromatic carbocycles. The molecule has 1 aliphatic rings. The molecule has 2 heterocycles. The van der Waals surface area contributed by atoms with Gasteiger partial charge in [-0.1, -0.05) is 0 Å². The monoisotopic (exact) mass is 341 g/mol. The molecule has 122 valence electrons. The van der Waals surface area contributed by atoms with Crippen molar-refractivity contribution in [2.45, 2.75) is 19.3 Å². The Labute approximate surface area is 141 Å². The lowest BCUT2D eigenvalue weighted by molar-refractivity contribution is 0.373. The minimum atomic E-state index is -0.138. The predicted molar refractivity (Wildman–Crippen MR) is 93.6 cm³/mol. The molecule has 4 rings (SSSR count). The molecule has 0 radical (unpaired) electrons. The van der Waals surface area contributed by atoms with Crippen LogP contribution in [0.3, 0.4) is 0 Å². The fourth-order valence-corrected chi connectivity index (χ4v) is 4.18. The molecule has 0 bridgehead atoms. The lowest BCUT2D eigenvalue weighted by atomic mass is 10.2. The van der Waals surface area contributed by atoms with E-state index in [0.29, 0.717) is 16.7 Å². The highest BCUT2D eigenvalue weighted by Crippen LogP contribution is 2.34. The molecule has 0 unspecified atom stereocenters. The second-order valence-corrected chi connectivity index (χ2v) is 6.69. The predicted octanol–water partition coefficient (Wildman–Crippen LogP) is 2.54. The largest absolute Gasteiger partial charge is 0.504 e. The van der Waals surface area contributed by atoms with E-state index in [1.165, 1.54) is 29.1 Å². The van der Waals surface area contributed by atoms with Gasteiger partial charge in [-0.25, -0.2) is 4.98 Å². The number of aromatic nitrogens is 2. The average Bonchev–Trinajstić information content (AvgIpc) is 3.16. The minimum absolute atomic E-state index is 0.0590. The highest BCUT2D eigenvalue weighted by molar-refractivity contribution is 7.18. The van der Waals surface area contributed by atoms with Crippen LogP contribution in [0.2, 0.25) is 0 Å². The van der Waals surface area contributed by atoms with Crippen LogP contribution in [0.25, 0.3) is 10.2 Å². The first kappa shape index (κ1) is 14.9. The highest BCUT2D eigenvalue weighted by atomic mass is 32.1. The maximum atomic E-state index is 12.7. The van der Waals surface area contributed by atoms with E-state index in [9.17, 15) is 9.90 Å². The molecule has 1 aliphatic carbocycles. The van der Waals surface area contributed by atoms with E-state index in [1.807, 2.05) is 0 Å². The third-order valence-corrected chi connectivity index (χ3v) is 5.34. The highest BCUT2D eigenvalue weighted by Gasteiger charge is 2.21. The smallest absolute Gasteiger partial charge is 0.282 e. The van der Waals surface area contributed by atoms with E-state index in [0.717, 1.165) is 29.7 Å². The van der Waals surface area contributed by atoms with E-state index in [2.05, 4.69) is 10.1 Å². The summed E-state index contributed by atoms with van der Waals surface area (Å²) in [5.74, 6) is 0.416. The first-order valence-corrected chi connectivity index (χ1v) is 8.42. The van der Waals surface area contributed by atoms with Gasteiger partial charge in [0.1, 0.15) is 11.2 Å². The quantitative estimate of drug-likeness (QED) is 0.743. The van der Waals surface area contributed by atoms with Crippen molar-refractivity contribution in [1.29, 1.82) is 0 Å². The number of nitrogens with zero attached hydrogens (tertiary/aromatic N) is 3. The zero-order valence-corrected chi connectivity index (χ0v) is 13.8. The van der Waals surface area contributed by atoms with Crippen LogP contribution in [-0.4, -0.2) is 28.1 Å². The number of rotatable bonds is 3. The van der Waals surface area contributed by atoms with Gasteiger partial charge in [0, 0.05) is 4.88 Å². The topological polar surface area (TPSA) is 76.7 Å². The fourth-order valence-electron chi connectivity index (χ4n) is 2.96. The van der Waals surface area contributed by atoms with Gasteiger partial charge in [-0.3, -0.25) is 4.79 Å². The first-order chi connectivity index (χ1) is 11.7. The van der Waals surface area contributed by atoms with Crippen molar-refractivity contribution >= 4 is 27.8 Å². The molecular formula is C17H15N3O3S. The van der Waals surface area contributed by atoms with Crippen molar-refractivity contribution in [2.75, 3.05) is 7.11 Å². The van der Waals surface area contributed by atoms with E-state index in [1.54, 1.807) is 29.7 Å². The van der Waals surface area contributed by atoms with Gasteiger partial charge in [0.15, 0.2) is 11.5 Å². The van der Waals surface area contributed by atoms with E-state index in [4.69, 9.17) is 4.74 Å². The summed E-state index contributed by atoms with van der Waals surface area (Å²) in [5.41, 5.74) is 1.72. The summed E-state index contributed by atoms with van der Waals surface area (Å²) in [6.45, 7) is 0. The number of thiophene rings is 1. The molecule has 7 heteroatoms.